The Morgan fingerprint density at radius 3 is 2.69 bits per heavy atom. The summed E-state index contributed by atoms with van der Waals surface area (Å²) in [7, 11) is 1.79. The van der Waals surface area contributed by atoms with Crippen molar-refractivity contribution in [1.29, 1.82) is 0 Å². The zero-order valence-electron chi connectivity index (χ0n) is 9.38. The average Bonchev–Trinajstić information content (AvgIpc) is 2.33. The summed E-state index contributed by atoms with van der Waals surface area (Å²) in [6.07, 6.45) is 5.11. The number of methoxy groups -OCH3 is 1. The quantitative estimate of drug-likeness (QED) is 0.750. The third-order valence-corrected chi connectivity index (χ3v) is 4.11. The maximum Gasteiger partial charge on any atom is 0.0595 e. The van der Waals surface area contributed by atoms with Crippen molar-refractivity contribution in [1.82, 2.24) is 0 Å². The maximum atomic E-state index is 6.04. The fraction of sp³-hybridized carbons (Fsp3) is 0.538. The minimum atomic E-state index is 0.396. The van der Waals surface area contributed by atoms with E-state index < -0.39 is 0 Å². The second-order valence-corrected chi connectivity index (χ2v) is 5.21. The van der Waals surface area contributed by atoms with Crippen LogP contribution < -0.4 is 0 Å². The molecule has 16 heavy (non-hydrogen) atoms. The van der Waals surface area contributed by atoms with Crippen LogP contribution in [0.1, 0.15) is 37.2 Å². The van der Waals surface area contributed by atoms with E-state index >= 15 is 0 Å². The van der Waals surface area contributed by atoms with Crippen LogP contribution in [0, 0.1) is 0 Å². The third kappa shape index (κ3) is 2.71. The summed E-state index contributed by atoms with van der Waals surface area (Å²) >= 11 is 12.0. The summed E-state index contributed by atoms with van der Waals surface area (Å²) in [5, 5.41) is 1.28. The molecule has 2 unspecified atom stereocenters. The molecule has 88 valence electrons. The monoisotopic (exact) mass is 258 g/mol. The Hall–Kier alpha value is -0.240. The molecule has 0 aromatic heterocycles. The normalized spacial score (nSPS) is 25.7. The fourth-order valence-corrected chi connectivity index (χ4v) is 2.73. The lowest BCUT2D eigenvalue weighted by Gasteiger charge is -2.28. The van der Waals surface area contributed by atoms with Gasteiger partial charge in [-0.2, -0.15) is 0 Å². The molecular formula is C13H16Cl2O. The molecular weight excluding hydrogens is 243 g/mol. The van der Waals surface area contributed by atoms with E-state index in [9.17, 15) is 0 Å². The molecule has 1 aromatic carbocycles. The molecule has 1 aliphatic rings. The largest absolute Gasteiger partial charge is 0.381 e. The molecule has 0 aliphatic heterocycles. The molecule has 0 heterocycles. The molecule has 0 amide bonds. The molecule has 2 rings (SSSR count). The van der Waals surface area contributed by atoms with Crippen molar-refractivity contribution in [3.05, 3.63) is 33.8 Å². The van der Waals surface area contributed by atoms with Gasteiger partial charge < -0.3 is 4.74 Å². The Bertz CT molecular complexity index is 365. The topological polar surface area (TPSA) is 9.23 Å². The van der Waals surface area contributed by atoms with E-state index in [-0.39, 0.29) is 0 Å². The maximum absolute atomic E-state index is 6.04. The average molecular weight is 259 g/mol. The van der Waals surface area contributed by atoms with Crippen LogP contribution in [0.2, 0.25) is 10.0 Å². The minimum Gasteiger partial charge on any atom is -0.381 e. The zero-order chi connectivity index (χ0) is 11.5. The Kier molecular flexibility index (Phi) is 4.12. The van der Waals surface area contributed by atoms with Gasteiger partial charge in [0.15, 0.2) is 0 Å². The van der Waals surface area contributed by atoms with Gasteiger partial charge in [0, 0.05) is 7.11 Å². The van der Waals surface area contributed by atoms with E-state index in [4.69, 9.17) is 27.9 Å². The summed E-state index contributed by atoms with van der Waals surface area (Å²) in [6.45, 7) is 0. The highest BCUT2D eigenvalue weighted by Gasteiger charge is 2.23. The first kappa shape index (κ1) is 12.2. The molecule has 0 radical (unpaired) electrons. The van der Waals surface area contributed by atoms with E-state index in [0.29, 0.717) is 22.1 Å². The van der Waals surface area contributed by atoms with Gasteiger partial charge in [-0.15, -0.1) is 0 Å². The van der Waals surface area contributed by atoms with Crippen LogP contribution in [0.15, 0.2) is 18.2 Å². The van der Waals surface area contributed by atoms with Gasteiger partial charge in [-0.25, -0.2) is 0 Å². The molecule has 1 fully saturated rings. The number of hydrogen-bond acceptors (Lipinski definition) is 1. The van der Waals surface area contributed by atoms with Crippen LogP contribution >= 0.6 is 23.2 Å². The molecule has 0 spiro atoms. The highest BCUT2D eigenvalue weighted by atomic mass is 35.5. The highest BCUT2D eigenvalue weighted by Crippen LogP contribution is 2.36. The van der Waals surface area contributed by atoms with Crippen molar-refractivity contribution < 1.29 is 4.74 Å². The smallest absolute Gasteiger partial charge is 0.0595 e. The summed E-state index contributed by atoms with van der Waals surface area (Å²) in [5.74, 6) is 0.563. The van der Waals surface area contributed by atoms with Gasteiger partial charge in [-0.1, -0.05) is 35.7 Å². The van der Waals surface area contributed by atoms with Crippen LogP contribution in [0.3, 0.4) is 0 Å². The summed E-state index contributed by atoms with van der Waals surface area (Å²) in [5.41, 5.74) is 1.29. The van der Waals surface area contributed by atoms with Crippen molar-refractivity contribution in [2.45, 2.75) is 37.7 Å². The molecule has 1 aromatic rings. The van der Waals surface area contributed by atoms with Crippen LogP contribution in [0.4, 0.5) is 0 Å². The number of hydrogen-bond donors (Lipinski definition) is 0. The van der Waals surface area contributed by atoms with Crippen LogP contribution in [0.5, 0.6) is 0 Å². The van der Waals surface area contributed by atoms with Gasteiger partial charge in [-0.3, -0.25) is 0 Å². The van der Waals surface area contributed by atoms with Gasteiger partial charge >= 0.3 is 0 Å². The number of rotatable bonds is 2. The van der Waals surface area contributed by atoms with E-state index in [1.54, 1.807) is 7.11 Å². The first-order valence-electron chi connectivity index (χ1n) is 5.68. The highest BCUT2D eigenvalue weighted by molar-refractivity contribution is 6.42. The van der Waals surface area contributed by atoms with Gasteiger partial charge in [0.05, 0.1) is 16.1 Å². The Morgan fingerprint density at radius 2 is 2.00 bits per heavy atom. The lowest BCUT2D eigenvalue weighted by molar-refractivity contribution is 0.0635. The Balaban J connectivity index is 2.13. The SMILES string of the molecule is COC1CCCC(c2ccc(Cl)c(Cl)c2)C1. The number of benzene rings is 1. The predicted molar refractivity (Wildman–Crippen MR) is 68.5 cm³/mol. The number of ether oxygens (including phenoxy) is 1. The van der Waals surface area contributed by atoms with Gasteiger partial charge in [-0.05, 0) is 42.9 Å². The van der Waals surface area contributed by atoms with E-state index in [0.717, 1.165) is 6.42 Å². The lowest BCUT2D eigenvalue weighted by Crippen LogP contribution is -2.20. The Morgan fingerprint density at radius 1 is 1.19 bits per heavy atom. The molecule has 1 aliphatic carbocycles. The second-order valence-electron chi connectivity index (χ2n) is 4.39. The molecule has 0 saturated heterocycles. The summed E-state index contributed by atoms with van der Waals surface area (Å²) in [6, 6.07) is 5.96. The standard InChI is InChI=1S/C13H16Cl2O/c1-16-11-4-2-3-9(7-11)10-5-6-12(14)13(15)8-10/h5-6,8-9,11H,2-4,7H2,1H3. The van der Waals surface area contributed by atoms with Crippen molar-refractivity contribution in [2.75, 3.05) is 7.11 Å². The van der Waals surface area contributed by atoms with Crippen LogP contribution in [0.25, 0.3) is 0 Å². The first-order valence-corrected chi connectivity index (χ1v) is 6.44. The number of halogens is 2. The Labute approximate surface area is 107 Å². The third-order valence-electron chi connectivity index (χ3n) is 3.37. The minimum absolute atomic E-state index is 0.396. The van der Waals surface area contributed by atoms with Gasteiger partial charge in [0.1, 0.15) is 0 Å². The molecule has 0 N–H and O–H groups in total. The zero-order valence-corrected chi connectivity index (χ0v) is 10.9. The second kappa shape index (κ2) is 5.39. The van der Waals surface area contributed by atoms with Crippen molar-refractivity contribution in [3.63, 3.8) is 0 Å². The van der Waals surface area contributed by atoms with Gasteiger partial charge in [0.2, 0.25) is 0 Å². The fourth-order valence-electron chi connectivity index (χ4n) is 2.43. The van der Waals surface area contributed by atoms with Crippen molar-refractivity contribution in [2.24, 2.45) is 0 Å². The molecule has 0 bridgehead atoms. The van der Waals surface area contributed by atoms with Crippen molar-refractivity contribution in [3.8, 4) is 0 Å². The lowest BCUT2D eigenvalue weighted by atomic mass is 9.82. The predicted octanol–water partition coefficient (Wildman–Crippen LogP) is 4.67. The molecule has 1 nitrogen and oxygen atoms in total. The molecule has 3 heteroatoms. The van der Waals surface area contributed by atoms with E-state index in [1.165, 1.54) is 24.8 Å². The molecule has 2 atom stereocenters. The summed E-state index contributed by atoms with van der Waals surface area (Å²) in [4.78, 5) is 0. The molecule has 1 saturated carbocycles. The van der Waals surface area contributed by atoms with Gasteiger partial charge in [0.25, 0.3) is 0 Å². The van der Waals surface area contributed by atoms with Crippen LogP contribution in [-0.4, -0.2) is 13.2 Å². The first-order chi connectivity index (χ1) is 7.70. The van der Waals surface area contributed by atoms with E-state index in [2.05, 4.69) is 6.07 Å². The van der Waals surface area contributed by atoms with Crippen LogP contribution in [-0.2, 0) is 4.74 Å². The van der Waals surface area contributed by atoms with Crippen molar-refractivity contribution >= 4 is 23.2 Å². The summed E-state index contributed by atoms with van der Waals surface area (Å²) < 4.78 is 5.44. The van der Waals surface area contributed by atoms with E-state index in [1.807, 2.05) is 12.1 Å².